The largest absolute Gasteiger partial charge is 0.466 e. The van der Waals surface area contributed by atoms with Gasteiger partial charge in [0, 0.05) is 18.1 Å². The van der Waals surface area contributed by atoms with Gasteiger partial charge in [-0.2, -0.15) is 0 Å². The average Bonchev–Trinajstić information content (AvgIpc) is 2.35. The number of benzene rings is 1. The molecule has 0 aliphatic carbocycles. The van der Waals surface area contributed by atoms with Crippen LogP contribution in [0, 0.1) is 10.1 Å². The molecule has 1 aromatic rings. The summed E-state index contributed by atoms with van der Waals surface area (Å²) < 4.78 is 4.70. The monoisotopic (exact) mass is 285 g/mol. The minimum absolute atomic E-state index is 0.0209. The zero-order valence-corrected chi connectivity index (χ0v) is 11.0. The molecule has 1 aromatic carbocycles. The van der Waals surface area contributed by atoms with Crippen molar-refractivity contribution in [2.75, 3.05) is 6.61 Å². The van der Waals surface area contributed by atoms with E-state index >= 15 is 0 Å². The molecular weight excluding hydrogens is 274 g/mol. The number of carbonyl (C=O) groups is 2. The first-order chi connectivity index (χ1) is 8.95. The van der Waals surface area contributed by atoms with E-state index in [4.69, 9.17) is 16.3 Å². The molecule has 0 N–H and O–H groups in total. The quantitative estimate of drug-likeness (QED) is 0.347. The Labute approximate surface area is 114 Å². The van der Waals surface area contributed by atoms with E-state index in [0.717, 1.165) is 0 Å². The molecular formula is C12H12ClNO5. The molecule has 0 fully saturated rings. The summed E-state index contributed by atoms with van der Waals surface area (Å²) in [5.41, 5.74) is -0.0245. The molecule has 0 aliphatic rings. The number of ether oxygens (including phenoxy) is 1. The smallest absolute Gasteiger partial charge is 0.306 e. The second kappa shape index (κ2) is 6.84. The van der Waals surface area contributed by atoms with E-state index in [9.17, 15) is 19.7 Å². The van der Waals surface area contributed by atoms with Crippen LogP contribution in [0.2, 0.25) is 5.02 Å². The first-order valence-electron chi connectivity index (χ1n) is 5.58. The first kappa shape index (κ1) is 15.1. The van der Waals surface area contributed by atoms with Gasteiger partial charge in [-0.1, -0.05) is 11.6 Å². The van der Waals surface area contributed by atoms with E-state index in [1.54, 1.807) is 6.92 Å². The van der Waals surface area contributed by atoms with Crippen LogP contribution in [0.15, 0.2) is 18.2 Å². The van der Waals surface area contributed by atoms with Crippen molar-refractivity contribution in [2.45, 2.75) is 19.8 Å². The number of esters is 1. The fourth-order valence-corrected chi connectivity index (χ4v) is 1.67. The van der Waals surface area contributed by atoms with Crippen LogP contribution in [0.25, 0.3) is 0 Å². The van der Waals surface area contributed by atoms with Gasteiger partial charge in [-0.25, -0.2) is 0 Å². The molecule has 0 bridgehead atoms. The summed E-state index contributed by atoms with van der Waals surface area (Å²) in [6, 6.07) is 3.71. The number of halogens is 1. The lowest BCUT2D eigenvalue weighted by molar-refractivity contribution is -0.384. The van der Waals surface area contributed by atoms with Crippen molar-refractivity contribution in [3.63, 3.8) is 0 Å². The molecule has 0 aliphatic heterocycles. The Balaban J connectivity index is 2.70. The van der Waals surface area contributed by atoms with Gasteiger partial charge in [-0.3, -0.25) is 19.7 Å². The third kappa shape index (κ3) is 4.33. The number of carbonyl (C=O) groups excluding carboxylic acids is 2. The van der Waals surface area contributed by atoms with Crippen LogP contribution in [-0.4, -0.2) is 23.3 Å². The zero-order chi connectivity index (χ0) is 14.4. The highest BCUT2D eigenvalue weighted by Gasteiger charge is 2.16. The highest BCUT2D eigenvalue weighted by atomic mass is 35.5. The van der Waals surface area contributed by atoms with E-state index in [-0.39, 0.29) is 41.5 Å². The van der Waals surface area contributed by atoms with Crippen molar-refractivity contribution >= 4 is 29.0 Å². The van der Waals surface area contributed by atoms with Crippen molar-refractivity contribution in [3.05, 3.63) is 38.9 Å². The van der Waals surface area contributed by atoms with Crippen molar-refractivity contribution in [1.29, 1.82) is 0 Å². The van der Waals surface area contributed by atoms with Gasteiger partial charge in [0.2, 0.25) is 0 Å². The molecule has 0 saturated heterocycles. The van der Waals surface area contributed by atoms with Crippen LogP contribution in [0.5, 0.6) is 0 Å². The van der Waals surface area contributed by atoms with Crippen LogP contribution >= 0.6 is 11.6 Å². The molecule has 0 amide bonds. The van der Waals surface area contributed by atoms with Gasteiger partial charge in [0.15, 0.2) is 5.78 Å². The van der Waals surface area contributed by atoms with Crippen molar-refractivity contribution in [1.82, 2.24) is 0 Å². The molecule has 0 saturated carbocycles. The van der Waals surface area contributed by atoms with Crippen LogP contribution < -0.4 is 0 Å². The maximum Gasteiger partial charge on any atom is 0.306 e. The standard InChI is InChI=1S/C12H12ClNO5/c1-2-19-12(16)6-5-11(15)8-3-4-10(14(17)18)9(13)7-8/h3-4,7H,2,5-6H2,1H3. The van der Waals surface area contributed by atoms with Crippen LogP contribution in [-0.2, 0) is 9.53 Å². The van der Waals surface area contributed by atoms with Gasteiger partial charge >= 0.3 is 5.97 Å². The Morgan fingerprint density at radius 1 is 1.37 bits per heavy atom. The predicted molar refractivity (Wildman–Crippen MR) is 68.3 cm³/mol. The lowest BCUT2D eigenvalue weighted by Crippen LogP contribution is -2.08. The lowest BCUT2D eigenvalue weighted by Gasteiger charge is -2.03. The summed E-state index contributed by atoms with van der Waals surface area (Å²) >= 11 is 5.70. The minimum Gasteiger partial charge on any atom is -0.466 e. The van der Waals surface area contributed by atoms with Crippen molar-refractivity contribution in [3.8, 4) is 0 Å². The van der Waals surface area contributed by atoms with Crippen LogP contribution in [0.4, 0.5) is 5.69 Å². The molecule has 1 rings (SSSR count). The SMILES string of the molecule is CCOC(=O)CCC(=O)c1ccc([N+](=O)[O-])c(Cl)c1. The third-order valence-electron chi connectivity index (χ3n) is 2.33. The normalized spacial score (nSPS) is 10.0. The van der Waals surface area contributed by atoms with Crippen molar-refractivity contribution in [2.24, 2.45) is 0 Å². The van der Waals surface area contributed by atoms with E-state index in [2.05, 4.69) is 0 Å². The number of ketones is 1. The minimum atomic E-state index is -0.630. The van der Waals surface area contributed by atoms with Gasteiger partial charge in [0.1, 0.15) is 5.02 Å². The molecule has 0 unspecified atom stereocenters. The van der Waals surface area contributed by atoms with Crippen LogP contribution in [0.3, 0.4) is 0 Å². The average molecular weight is 286 g/mol. The number of hydrogen-bond donors (Lipinski definition) is 0. The summed E-state index contributed by atoms with van der Waals surface area (Å²) in [6.07, 6.45) is -0.0474. The summed E-state index contributed by atoms with van der Waals surface area (Å²) in [6.45, 7) is 1.94. The molecule has 19 heavy (non-hydrogen) atoms. The maximum absolute atomic E-state index is 11.8. The molecule has 0 heterocycles. The fourth-order valence-electron chi connectivity index (χ4n) is 1.42. The molecule has 7 heteroatoms. The summed E-state index contributed by atoms with van der Waals surface area (Å²) in [7, 11) is 0. The van der Waals surface area contributed by atoms with Crippen molar-refractivity contribution < 1.29 is 19.2 Å². The Kier molecular flexibility index (Phi) is 5.44. The fraction of sp³-hybridized carbons (Fsp3) is 0.333. The van der Waals surface area contributed by atoms with Crippen LogP contribution in [0.1, 0.15) is 30.1 Å². The third-order valence-corrected chi connectivity index (χ3v) is 2.63. The summed E-state index contributed by atoms with van der Waals surface area (Å²) in [4.78, 5) is 32.8. The van der Waals surface area contributed by atoms with Gasteiger partial charge < -0.3 is 4.74 Å². The van der Waals surface area contributed by atoms with E-state index in [1.807, 2.05) is 0 Å². The number of Topliss-reactive ketones (excluding diaryl/α,β-unsaturated/α-hetero) is 1. The number of nitro groups is 1. The molecule has 0 radical (unpaired) electrons. The van der Waals surface area contributed by atoms with Gasteiger partial charge in [-0.05, 0) is 19.1 Å². The highest BCUT2D eigenvalue weighted by Crippen LogP contribution is 2.25. The molecule has 0 aromatic heterocycles. The topological polar surface area (TPSA) is 86.5 Å². The highest BCUT2D eigenvalue weighted by molar-refractivity contribution is 6.33. The zero-order valence-electron chi connectivity index (χ0n) is 10.2. The predicted octanol–water partition coefficient (Wildman–Crippen LogP) is 2.77. The molecule has 6 nitrogen and oxygen atoms in total. The number of rotatable bonds is 6. The number of hydrogen-bond acceptors (Lipinski definition) is 5. The van der Waals surface area contributed by atoms with E-state index in [1.165, 1.54) is 18.2 Å². The second-order valence-corrected chi connectivity index (χ2v) is 4.06. The summed E-state index contributed by atoms with van der Waals surface area (Å²) in [5, 5.41) is 10.5. The maximum atomic E-state index is 11.8. The van der Waals surface area contributed by atoms with Gasteiger partial charge in [0.25, 0.3) is 5.69 Å². The molecule has 102 valence electrons. The Morgan fingerprint density at radius 2 is 2.05 bits per heavy atom. The van der Waals surface area contributed by atoms with Gasteiger partial charge in [-0.15, -0.1) is 0 Å². The van der Waals surface area contributed by atoms with E-state index in [0.29, 0.717) is 0 Å². The second-order valence-electron chi connectivity index (χ2n) is 3.65. The number of nitro benzene ring substituents is 1. The molecule has 0 spiro atoms. The summed E-state index contributed by atoms with van der Waals surface area (Å²) in [5.74, 6) is -0.770. The lowest BCUT2D eigenvalue weighted by atomic mass is 10.1. The van der Waals surface area contributed by atoms with E-state index < -0.39 is 10.9 Å². The number of nitrogens with zero attached hydrogens (tertiary/aromatic N) is 1. The Morgan fingerprint density at radius 3 is 2.58 bits per heavy atom. The molecule has 0 atom stereocenters. The Hall–Kier alpha value is -1.95. The van der Waals surface area contributed by atoms with Gasteiger partial charge in [0.05, 0.1) is 18.0 Å². The first-order valence-corrected chi connectivity index (χ1v) is 5.96. The Bertz CT molecular complexity index is 515.